The second-order valence-electron chi connectivity index (χ2n) is 5.35. The van der Waals surface area contributed by atoms with Crippen molar-refractivity contribution >= 4 is 28.3 Å². The minimum atomic E-state index is -0.210. The van der Waals surface area contributed by atoms with Crippen molar-refractivity contribution in [1.29, 1.82) is 0 Å². The van der Waals surface area contributed by atoms with Gasteiger partial charge in [-0.3, -0.25) is 9.59 Å². The molecule has 1 saturated heterocycles. The Kier molecular flexibility index (Phi) is 4.10. The van der Waals surface area contributed by atoms with Gasteiger partial charge in [0.05, 0.1) is 12.3 Å². The molecule has 114 valence electrons. The van der Waals surface area contributed by atoms with Gasteiger partial charge in [0.2, 0.25) is 5.91 Å². The fourth-order valence-corrected chi connectivity index (χ4v) is 3.86. The number of nitrogens with zero attached hydrogens (tertiary/aromatic N) is 1. The van der Waals surface area contributed by atoms with E-state index in [1.54, 1.807) is 11.3 Å². The molecule has 1 aromatic rings. The number of anilines is 1. The largest absolute Gasteiger partial charge is 0.465 e. The zero-order valence-electron chi connectivity index (χ0n) is 12.0. The molecule has 2 atom stereocenters. The van der Waals surface area contributed by atoms with Crippen LogP contribution in [0.2, 0.25) is 0 Å². The molecular weight excluding hydrogens is 290 g/mol. The molecule has 1 aromatic heterocycles. The number of carbonyl (C=O) groups is 2. The number of aryl methyl sites for hydroxylation is 1. The molecule has 3 rings (SSSR count). The van der Waals surface area contributed by atoms with Gasteiger partial charge in [0.25, 0.3) is 0 Å². The predicted octanol–water partition coefficient (Wildman–Crippen LogP) is 1.43. The number of fused-ring (bicyclic) bond motifs is 1. The van der Waals surface area contributed by atoms with Crippen molar-refractivity contribution in [2.75, 3.05) is 18.5 Å². The Morgan fingerprint density at radius 3 is 3.05 bits per heavy atom. The third kappa shape index (κ3) is 3.02. The second kappa shape index (κ2) is 6.01. The van der Waals surface area contributed by atoms with E-state index in [1.165, 1.54) is 4.88 Å². The molecule has 0 aromatic carbocycles. The van der Waals surface area contributed by atoms with Crippen molar-refractivity contribution in [2.24, 2.45) is 0 Å². The Morgan fingerprint density at radius 2 is 2.33 bits per heavy atom. The van der Waals surface area contributed by atoms with Gasteiger partial charge < -0.3 is 15.4 Å². The highest BCUT2D eigenvalue weighted by Crippen LogP contribution is 2.38. The van der Waals surface area contributed by atoms with Crippen molar-refractivity contribution in [2.45, 2.75) is 44.6 Å². The molecule has 6 nitrogen and oxygen atoms in total. The first-order valence-electron chi connectivity index (χ1n) is 7.37. The summed E-state index contributed by atoms with van der Waals surface area (Å²) in [4.78, 5) is 28.8. The van der Waals surface area contributed by atoms with E-state index in [2.05, 4.69) is 15.6 Å². The molecule has 0 bridgehead atoms. The molecule has 21 heavy (non-hydrogen) atoms. The number of aromatic nitrogens is 1. The average Bonchev–Trinajstić information content (AvgIpc) is 3.11. The number of thiazole rings is 1. The third-order valence-corrected chi connectivity index (χ3v) is 4.96. The molecule has 2 N–H and O–H groups in total. The SMILES string of the molecule is CCOC(=O)C1CCc2sc(NCC3CCC(=O)N3)nc21. The summed E-state index contributed by atoms with van der Waals surface area (Å²) in [6.45, 7) is 2.90. The minimum Gasteiger partial charge on any atom is -0.465 e. The Morgan fingerprint density at radius 1 is 1.48 bits per heavy atom. The molecule has 1 aliphatic heterocycles. The minimum absolute atomic E-state index is 0.116. The number of esters is 1. The van der Waals surface area contributed by atoms with Crippen LogP contribution in [-0.2, 0) is 20.7 Å². The number of carbonyl (C=O) groups excluding carboxylic acids is 2. The van der Waals surface area contributed by atoms with E-state index < -0.39 is 0 Å². The molecule has 7 heteroatoms. The first-order valence-corrected chi connectivity index (χ1v) is 8.18. The van der Waals surface area contributed by atoms with Crippen molar-refractivity contribution in [3.05, 3.63) is 10.6 Å². The Labute approximate surface area is 127 Å². The lowest BCUT2D eigenvalue weighted by Gasteiger charge is -2.10. The molecule has 1 amide bonds. The smallest absolute Gasteiger partial charge is 0.315 e. The quantitative estimate of drug-likeness (QED) is 0.804. The molecule has 2 aliphatic rings. The number of rotatable bonds is 5. The highest BCUT2D eigenvalue weighted by atomic mass is 32.1. The van der Waals surface area contributed by atoms with Crippen LogP contribution in [0.5, 0.6) is 0 Å². The fraction of sp³-hybridized carbons (Fsp3) is 0.643. The van der Waals surface area contributed by atoms with Gasteiger partial charge in [0.15, 0.2) is 5.13 Å². The molecule has 0 spiro atoms. The molecule has 1 fully saturated rings. The Balaban J connectivity index is 1.61. The van der Waals surface area contributed by atoms with Crippen LogP contribution in [0, 0.1) is 0 Å². The summed E-state index contributed by atoms with van der Waals surface area (Å²) in [6, 6.07) is 0.178. The first kappa shape index (κ1) is 14.3. The zero-order valence-corrected chi connectivity index (χ0v) is 12.8. The van der Waals surface area contributed by atoms with Crippen LogP contribution in [0.15, 0.2) is 0 Å². The van der Waals surface area contributed by atoms with Gasteiger partial charge in [0, 0.05) is 23.9 Å². The van der Waals surface area contributed by atoms with Crippen molar-refractivity contribution in [3.8, 4) is 0 Å². The van der Waals surface area contributed by atoms with Crippen LogP contribution in [0.3, 0.4) is 0 Å². The van der Waals surface area contributed by atoms with Crippen LogP contribution in [-0.4, -0.2) is 36.1 Å². The number of ether oxygens (including phenoxy) is 1. The van der Waals surface area contributed by atoms with E-state index >= 15 is 0 Å². The summed E-state index contributed by atoms with van der Waals surface area (Å²) in [7, 11) is 0. The standard InChI is InChI=1S/C14H19N3O3S/c1-2-20-13(19)9-4-5-10-12(9)17-14(21-10)15-7-8-3-6-11(18)16-8/h8-9H,2-7H2,1H3,(H,15,17)(H,16,18). The maximum atomic E-state index is 11.9. The van der Waals surface area contributed by atoms with E-state index in [0.29, 0.717) is 19.6 Å². The van der Waals surface area contributed by atoms with Crippen LogP contribution in [0.25, 0.3) is 0 Å². The molecule has 2 heterocycles. The predicted molar refractivity (Wildman–Crippen MR) is 79.5 cm³/mol. The van der Waals surface area contributed by atoms with Gasteiger partial charge in [-0.15, -0.1) is 11.3 Å². The highest BCUT2D eigenvalue weighted by molar-refractivity contribution is 7.15. The molecular formula is C14H19N3O3S. The summed E-state index contributed by atoms with van der Waals surface area (Å²) >= 11 is 1.60. The topological polar surface area (TPSA) is 80.3 Å². The third-order valence-electron chi connectivity index (χ3n) is 3.87. The molecule has 0 radical (unpaired) electrons. The number of hydrogen-bond acceptors (Lipinski definition) is 6. The van der Waals surface area contributed by atoms with E-state index in [0.717, 1.165) is 30.1 Å². The van der Waals surface area contributed by atoms with E-state index in [1.807, 2.05) is 6.92 Å². The Hall–Kier alpha value is -1.63. The monoisotopic (exact) mass is 309 g/mol. The highest BCUT2D eigenvalue weighted by Gasteiger charge is 2.33. The van der Waals surface area contributed by atoms with Crippen LogP contribution in [0.1, 0.15) is 42.7 Å². The van der Waals surface area contributed by atoms with Crippen molar-refractivity contribution in [1.82, 2.24) is 10.3 Å². The average molecular weight is 309 g/mol. The van der Waals surface area contributed by atoms with E-state index in [4.69, 9.17) is 4.74 Å². The fourth-order valence-electron chi connectivity index (χ4n) is 2.82. The van der Waals surface area contributed by atoms with Crippen molar-refractivity contribution < 1.29 is 14.3 Å². The molecule has 1 aliphatic carbocycles. The lowest BCUT2D eigenvalue weighted by atomic mass is 10.1. The van der Waals surface area contributed by atoms with E-state index in [-0.39, 0.29) is 23.8 Å². The van der Waals surface area contributed by atoms with Crippen molar-refractivity contribution in [3.63, 3.8) is 0 Å². The maximum absolute atomic E-state index is 11.9. The van der Waals surface area contributed by atoms with Gasteiger partial charge in [-0.25, -0.2) is 4.98 Å². The van der Waals surface area contributed by atoms with Crippen LogP contribution >= 0.6 is 11.3 Å². The summed E-state index contributed by atoms with van der Waals surface area (Å²) in [5, 5.41) is 7.02. The zero-order chi connectivity index (χ0) is 14.8. The summed E-state index contributed by atoms with van der Waals surface area (Å²) in [5.41, 5.74) is 0.872. The molecule has 0 saturated carbocycles. The normalized spacial score (nSPS) is 23.8. The maximum Gasteiger partial charge on any atom is 0.315 e. The lowest BCUT2D eigenvalue weighted by Crippen LogP contribution is -2.31. The van der Waals surface area contributed by atoms with Gasteiger partial charge >= 0.3 is 5.97 Å². The summed E-state index contributed by atoms with van der Waals surface area (Å²) < 4.78 is 5.10. The van der Waals surface area contributed by atoms with Crippen LogP contribution < -0.4 is 10.6 Å². The number of hydrogen-bond donors (Lipinski definition) is 2. The molecule has 2 unspecified atom stereocenters. The summed E-state index contributed by atoms with van der Waals surface area (Å²) in [5.74, 6) is -0.264. The lowest BCUT2D eigenvalue weighted by molar-refractivity contribution is -0.145. The number of nitrogens with one attached hydrogen (secondary N) is 2. The summed E-state index contributed by atoms with van der Waals surface area (Å²) in [6.07, 6.45) is 3.15. The van der Waals surface area contributed by atoms with E-state index in [9.17, 15) is 9.59 Å². The first-order chi connectivity index (χ1) is 10.2. The Bertz CT molecular complexity index is 558. The number of amides is 1. The van der Waals surface area contributed by atoms with Gasteiger partial charge in [-0.1, -0.05) is 0 Å². The van der Waals surface area contributed by atoms with Gasteiger partial charge in [-0.2, -0.15) is 0 Å². The second-order valence-corrected chi connectivity index (χ2v) is 6.44. The van der Waals surface area contributed by atoms with Gasteiger partial charge in [-0.05, 0) is 26.2 Å². The van der Waals surface area contributed by atoms with Gasteiger partial charge in [0.1, 0.15) is 5.92 Å². The van der Waals surface area contributed by atoms with Crippen LogP contribution in [0.4, 0.5) is 5.13 Å².